The highest BCUT2D eigenvalue weighted by atomic mass is 16.4. The van der Waals surface area contributed by atoms with E-state index in [0.717, 1.165) is 12.0 Å². The van der Waals surface area contributed by atoms with Crippen LogP contribution in [0.25, 0.3) is 0 Å². The predicted octanol–water partition coefficient (Wildman–Crippen LogP) is -3.94. The Bertz CT molecular complexity index is 680. The Hall–Kier alpha value is -2.69. The second-order valence-corrected chi connectivity index (χ2v) is 7.02. The van der Waals surface area contributed by atoms with Crippen molar-refractivity contribution < 1.29 is 41.2 Å². The van der Waals surface area contributed by atoms with Crippen molar-refractivity contribution in [1.82, 2.24) is 10.6 Å². The highest BCUT2D eigenvalue weighted by Gasteiger charge is 2.28. The number of aliphatic carboxylic acids is 1. The van der Waals surface area contributed by atoms with E-state index in [9.17, 15) is 29.7 Å². The average molecular weight is 411 g/mol. The van der Waals surface area contributed by atoms with E-state index in [0.29, 0.717) is 25.8 Å². The molecule has 1 aromatic rings. The van der Waals surface area contributed by atoms with E-state index < -0.39 is 42.0 Å². The van der Waals surface area contributed by atoms with Crippen molar-refractivity contribution in [3.8, 4) is 5.75 Å². The number of aromatic hydroxyl groups is 1. The number of carbonyl (C=O) groups excluding carboxylic acids is 3. The van der Waals surface area contributed by atoms with Gasteiger partial charge in [0.25, 0.3) is 5.91 Å². The van der Waals surface area contributed by atoms with Crippen molar-refractivity contribution in [3.63, 3.8) is 0 Å². The second kappa shape index (κ2) is 12.0. The minimum atomic E-state index is -1.61. The number of carboxylic acids is 1. The lowest BCUT2D eigenvalue weighted by Gasteiger charge is -2.26. The van der Waals surface area contributed by atoms with Gasteiger partial charge in [0.1, 0.15) is 11.8 Å². The standard InChI is InChI=1S/C19H30N4O6/c1-11(24)16(19(28)29)23-18(27)15(4-2-3-9-20)22-17(26)14(21)10-12-5-7-13(25)8-6-12/h5-8,11,14-16,24-25H,2-4,9-10,20-21H2,1H3,(H,22,26)(H,23,27)(H,28,29)/p+1/t11-,14+,15+,16+/m1/s1. The molecule has 0 spiro atoms. The molecule has 0 aliphatic heterocycles. The molecule has 0 aromatic heterocycles. The lowest BCUT2D eigenvalue weighted by atomic mass is 10.0. The number of carbonyl (C=O) groups is 3. The largest absolute Gasteiger partial charge is 0.548 e. The summed E-state index contributed by atoms with van der Waals surface area (Å²) in [4.78, 5) is 36.1. The van der Waals surface area contributed by atoms with Crippen LogP contribution in [-0.4, -0.2) is 58.8 Å². The number of amides is 2. The molecular weight excluding hydrogens is 380 g/mol. The summed E-state index contributed by atoms with van der Waals surface area (Å²) in [7, 11) is 0. The summed E-state index contributed by atoms with van der Waals surface area (Å²) in [6.07, 6.45) is 0.580. The molecule has 0 heterocycles. The maximum absolute atomic E-state index is 12.5. The second-order valence-electron chi connectivity index (χ2n) is 7.02. The summed E-state index contributed by atoms with van der Waals surface area (Å²) in [5.74, 6) is -2.68. The molecule has 29 heavy (non-hydrogen) atoms. The average Bonchev–Trinajstić information content (AvgIpc) is 2.66. The molecule has 1 rings (SSSR count). The van der Waals surface area contributed by atoms with Crippen molar-refractivity contribution in [1.29, 1.82) is 0 Å². The number of carboxylic acid groups (broad SMARTS) is 1. The molecule has 10 N–H and O–H groups in total. The van der Waals surface area contributed by atoms with Gasteiger partial charge in [0.05, 0.1) is 24.7 Å². The van der Waals surface area contributed by atoms with Crippen LogP contribution in [-0.2, 0) is 20.8 Å². The van der Waals surface area contributed by atoms with Crippen LogP contribution in [0.15, 0.2) is 24.3 Å². The minimum Gasteiger partial charge on any atom is -0.548 e. The minimum absolute atomic E-state index is 0.113. The van der Waals surface area contributed by atoms with Gasteiger partial charge in [-0.2, -0.15) is 0 Å². The number of rotatable bonds is 12. The third kappa shape index (κ3) is 8.46. The van der Waals surface area contributed by atoms with E-state index in [2.05, 4.69) is 22.1 Å². The topological polar surface area (TPSA) is 194 Å². The number of phenolic OH excluding ortho intramolecular Hbond substituents is 1. The zero-order valence-corrected chi connectivity index (χ0v) is 16.6. The Kier molecular flexibility index (Phi) is 10.1. The Labute approximate surface area is 169 Å². The number of aliphatic hydroxyl groups excluding tert-OH is 1. The van der Waals surface area contributed by atoms with Crippen LogP contribution >= 0.6 is 0 Å². The Morgan fingerprint density at radius 2 is 1.72 bits per heavy atom. The molecule has 0 unspecified atom stereocenters. The Morgan fingerprint density at radius 1 is 1.10 bits per heavy atom. The molecule has 0 saturated heterocycles. The van der Waals surface area contributed by atoms with Gasteiger partial charge in [-0.25, -0.2) is 0 Å². The van der Waals surface area contributed by atoms with Gasteiger partial charge in [-0.15, -0.1) is 0 Å². The van der Waals surface area contributed by atoms with Crippen LogP contribution in [0.2, 0.25) is 0 Å². The van der Waals surface area contributed by atoms with Crippen LogP contribution in [0.4, 0.5) is 0 Å². The van der Waals surface area contributed by atoms with Crippen LogP contribution in [0.5, 0.6) is 5.75 Å². The maximum Gasteiger partial charge on any atom is 0.279 e. The molecule has 0 aliphatic carbocycles. The number of hydrogen-bond acceptors (Lipinski definition) is 6. The maximum atomic E-state index is 12.5. The summed E-state index contributed by atoms with van der Waals surface area (Å²) >= 11 is 0. The number of unbranched alkanes of at least 4 members (excludes halogenated alkanes) is 1. The van der Waals surface area contributed by atoms with Crippen LogP contribution in [0.3, 0.4) is 0 Å². The first kappa shape index (κ1) is 24.3. The summed E-state index contributed by atoms with van der Waals surface area (Å²) in [6, 6.07) is 3.10. The van der Waals surface area contributed by atoms with E-state index in [1.807, 2.05) is 0 Å². The SMILES string of the molecule is C[C@@H](O)[C@H](NC(=O)[C@H](CCCC[NH3+])NC(=O)[C@@H]([NH3+])Cc1ccc(O)cc1)C(=O)[O-]. The monoisotopic (exact) mass is 411 g/mol. The fraction of sp³-hybridized carbons (Fsp3) is 0.526. The first-order chi connectivity index (χ1) is 13.6. The summed E-state index contributed by atoms with van der Waals surface area (Å²) in [5.41, 5.74) is 8.34. The van der Waals surface area contributed by atoms with Crippen molar-refractivity contribution in [2.75, 3.05) is 6.54 Å². The van der Waals surface area contributed by atoms with Gasteiger partial charge >= 0.3 is 0 Å². The van der Waals surface area contributed by atoms with Crippen LogP contribution in [0, 0.1) is 0 Å². The lowest BCUT2D eigenvalue weighted by molar-refractivity contribution is -0.403. The molecule has 162 valence electrons. The normalized spacial score (nSPS) is 15.0. The van der Waals surface area contributed by atoms with Crippen molar-refractivity contribution in [3.05, 3.63) is 29.8 Å². The van der Waals surface area contributed by atoms with E-state index in [1.54, 1.807) is 12.1 Å². The van der Waals surface area contributed by atoms with E-state index in [-0.39, 0.29) is 5.75 Å². The molecule has 10 heteroatoms. The fourth-order valence-electron chi connectivity index (χ4n) is 2.72. The van der Waals surface area contributed by atoms with Crippen molar-refractivity contribution in [2.24, 2.45) is 0 Å². The predicted molar refractivity (Wildman–Crippen MR) is 101 cm³/mol. The van der Waals surface area contributed by atoms with Crippen molar-refractivity contribution >= 4 is 17.8 Å². The smallest absolute Gasteiger partial charge is 0.279 e. The fourth-order valence-corrected chi connectivity index (χ4v) is 2.72. The van der Waals surface area contributed by atoms with Gasteiger partial charge < -0.3 is 42.2 Å². The van der Waals surface area contributed by atoms with E-state index >= 15 is 0 Å². The number of phenols is 1. The van der Waals surface area contributed by atoms with Gasteiger partial charge in [-0.05, 0) is 43.9 Å². The first-order valence-corrected chi connectivity index (χ1v) is 9.55. The molecule has 0 radical (unpaired) electrons. The molecule has 0 bridgehead atoms. The molecule has 0 fully saturated rings. The van der Waals surface area contributed by atoms with Gasteiger partial charge in [-0.1, -0.05) is 12.1 Å². The molecule has 0 aliphatic rings. The van der Waals surface area contributed by atoms with Gasteiger partial charge in [0.15, 0.2) is 6.04 Å². The zero-order chi connectivity index (χ0) is 22.0. The van der Waals surface area contributed by atoms with E-state index in [4.69, 9.17) is 0 Å². The van der Waals surface area contributed by atoms with Gasteiger partial charge in [0, 0.05) is 6.42 Å². The Balaban J connectivity index is 2.79. The summed E-state index contributed by atoms with van der Waals surface area (Å²) in [6.45, 7) is 1.89. The molecule has 2 amide bonds. The zero-order valence-electron chi connectivity index (χ0n) is 16.6. The lowest BCUT2D eigenvalue weighted by Crippen LogP contribution is -2.70. The third-order valence-electron chi connectivity index (χ3n) is 4.45. The number of quaternary nitrogens is 2. The quantitative estimate of drug-likeness (QED) is 0.190. The van der Waals surface area contributed by atoms with Gasteiger partial charge in [-0.3, -0.25) is 9.59 Å². The molecule has 10 nitrogen and oxygen atoms in total. The number of benzene rings is 1. The number of nitrogens with one attached hydrogen (secondary N) is 2. The number of hydrogen-bond donors (Lipinski definition) is 6. The molecular formula is C19H31N4O6+. The van der Waals surface area contributed by atoms with Crippen LogP contribution < -0.4 is 27.2 Å². The van der Waals surface area contributed by atoms with E-state index in [1.165, 1.54) is 19.1 Å². The molecule has 0 saturated carbocycles. The Morgan fingerprint density at radius 3 is 2.24 bits per heavy atom. The molecule has 4 atom stereocenters. The highest BCUT2D eigenvalue weighted by Crippen LogP contribution is 2.11. The number of aliphatic hydroxyl groups is 1. The highest BCUT2D eigenvalue weighted by molar-refractivity contribution is 5.91. The van der Waals surface area contributed by atoms with Gasteiger partial charge in [0.2, 0.25) is 5.91 Å². The van der Waals surface area contributed by atoms with Crippen molar-refractivity contribution in [2.45, 2.75) is 56.8 Å². The van der Waals surface area contributed by atoms with Crippen LogP contribution in [0.1, 0.15) is 31.7 Å². The summed E-state index contributed by atoms with van der Waals surface area (Å²) < 4.78 is 0. The first-order valence-electron chi connectivity index (χ1n) is 9.55. The third-order valence-corrected chi connectivity index (χ3v) is 4.45. The summed E-state index contributed by atoms with van der Waals surface area (Å²) in [5, 5.41) is 34.8. The molecule has 1 aromatic carbocycles.